The maximum absolute atomic E-state index is 12.9. The first-order valence-electron chi connectivity index (χ1n) is 7.07. The van der Waals surface area contributed by atoms with Gasteiger partial charge in [-0.2, -0.15) is 0 Å². The fourth-order valence-corrected chi connectivity index (χ4v) is 3.59. The molecule has 1 N–H and O–H groups in total. The Balaban J connectivity index is 1.89. The average Bonchev–Trinajstić information content (AvgIpc) is 3.16. The third kappa shape index (κ3) is 2.12. The minimum absolute atomic E-state index is 0.0296. The Morgan fingerprint density at radius 1 is 1.50 bits per heavy atom. The smallest absolute Gasteiger partial charge is 0.249 e. The molecule has 2 heterocycles. The molecule has 1 saturated heterocycles. The molecule has 108 valence electrons. The summed E-state index contributed by atoms with van der Waals surface area (Å²) in [6, 6.07) is -0.377. The number of rotatable bonds is 4. The summed E-state index contributed by atoms with van der Waals surface area (Å²) in [7, 11) is 0. The van der Waals surface area contributed by atoms with E-state index in [2.05, 4.69) is 10.3 Å². The second kappa shape index (κ2) is 4.84. The Bertz CT molecular complexity index is 527. The Labute approximate surface area is 122 Å². The average molecular weight is 293 g/mol. The highest BCUT2D eigenvalue weighted by Gasteiger charge is 2.54. The molecule has 1 aliphatic carbocycles. The molecule has 0 radical (unpaired) electrons. The van der Waals surface area contributed by atoms with E-state index in [1.165, 1.54) is 11.3 Å². The van der Waals surface area contributed by atoms with Crippen LogP contribution in [0.1, 0.15) is 38.1 Å². The van der Waals surface area contributed by atoms with Crippen LogP contribution in [0, 0.1) is 5.92 Å². The Morgan fingerprint density at radius 3 is 2.80 bits per heavy atom. The topological polar surface area (TPSA) is 62.3 Å². The first-order valence-corrected chi connectivity index (χ1v) is 7.95. The fourth-order valence-electron chi connectivity index (χ4n) is 2.98. The van der Waals surface area contributed by atoms with Crippen LogP contribution < -0.4 is 5.32 Å². The summed E-state index contributed by atoms with van der Waals surface area (Å²) < 4.78 is 0. The van der Waals surface area contributed by atoms with Crippen LogP contribution in [0.15, 0.2) is 11.6 Å². The van der Waals surface area contributed by atoms with E-state index in [0.29, 0.717) is 13.0 Å². The second-order valence-electron chi connectivity index (χ2n) is 5.75. The quantitative estimate of drug-likeness (QED) is 0.916. The van der Waals surface area contributed by atoms with Crippen molar-refractivity contribution < 1.29 is 9.59 Å². The lowest BCUT2D eigenvalue weighted by Crippen LogP contribution is -2.69. The highest BCUT2D eigenvalue weighted by molar-refractivity contribution is 7.09. The van der Waals surface area contributed by atoms with Crippen LogP contribution in [-0.4, -0.2) is 33.3 Å². The SMILES string of the molecule is CCC1C(=O)NC(C)(C2CC2)C(=O)N1Cc1nccs1. The Kier molecular flexibility index (Phi) is 3.28. The van der Waals surface area contributed by atoms with Gasteiger partial charge in [0.1, 0.15) is 16.6 Å². The van der Waals surface area contributed by atoms with Crippen LogP contribution in [0.25, 0.3) is 0 Å². The van der Waals surface area contributed by atoms with Crippen molar-refractivity contribution in [2.75, 3.05) is 0 Å². The highest BCUT2D eigenvalue weighted by atomic mass is 32.1. The van der Waals surface area contributed by atoms with Gasteiger partial charge < -0.3 is 10.2 Å². The van der Waals surface area contributed by atoms with Gasteiger partial charge in [-0.25, -0.2) is 4.98 Å². The standard InChI is InChI=1S/C14H19N3O2S/c1-3-10-12(18)16-14(2,9-4-5-9)13(19)17(10)8-11-15-6-7-20-11/h6-7,9-10H,3-5,8H2,1-2H3,(H,16,18). The van der Waals surface area contributed by atoms with Crippen molar-refractivity contribution in [3.05, 3.63) is 16.6 Å². The second-order valence-corrected chi connectivity index (χ2v) is 6.73. The number of nitrogens with zero attached hydrogens (tertiary/aromatic N) is 2. The lowest BCUT2D eigenvalue weighted by atomic mass is 9.89. The molecule has 0 spiro atoms. The van der Waals surface area contributed by atoms with Crippen molar-refractivity contribution in [1.29, 1.82) is 0 Å². The van der Waals surface area contributed by atoms with E-state index in [1.54, 1.807) is 11.1 Å². The van der Waals surface area contributed by atoms with Crippen molar-refractivity contribution in [3.63, 3.8) is 0 Å². The summed E-state index contributed by atoms with van der Waals surface area (Å²) in [4.78, 5) is 31.2. The Morgan fingerprint density at radius 2 is 2.25 bits per heavy atom. The number of carbonyl (C=O) groups is 2. The number of hydrogen-bond acceptors (Lipinski definition) is 4. The summed E-state index contributed by atoms with van der Waals surface area (Å²) in [5.41, 5.74) is -0.722. The molecule has 6 heteroatoms. The molecule has 2 unspecified atom stereocenters. The van der Waals surface area contributed by atoms with Gasteiger partial charge in [-0.05, 0) is 32.1 Å². The van der Waals surface area contributed by atoms with Crippen molar-refractivity contribution in [2.45, 2.75) is 51.2 Å². The van der Waals surface area contributed by atoms with Crippen LogP contribution in [0.3, 0.4) is 0 Å². The predicted octanol–water partition coefficient (Wildman–Crippen LogP) is 1.55. The first kappa shape index (κ1) is 13.5. The number of nitrogens with one attached hydrogen (secondary N) is 1. The van der Waals surface area contributed by atoms with Gasteiger partial charge in [-0.3, -0.25) is 9.59 Å². The summed E-state index contributed by atoms with van der Waals surface area (Å²) in [5, 5.41) is 5.74. The first-order chi connectivity index (χ1) is 9.56. The zero-order valence-corrected chi connectivity index (χ0v) is 12.6. The van der Waals surface area contributed by atoms with Crippen LogP contribution in [0.2, 0.25) is 0 Å². The molecule has 2 fully saturated rings. The van der Waals surface area contributed by atoms with Gasteiger partial charge >= 0.3 is 0 Å². The van der Waals surface area contributed by atoms with E-state index in [0.717, 1.165) is 17.8 Å². The predicted molar refractivity (Wildman–Crippen MR) is 76.0 cm³/mol. The summed E-state index contributed by atoms with van der Waals surface area (Å²) in [5.74, 6) is 0.301. The molecule has 2 atom stereocenters. The maximum Gasteiger partial charge on any atom is 0.249 e. The highest BCUT2D eigenvalue weighted by Crippen LogP contribution is 2.42. The van der Waals surface area contributed by atoms with E-state index in [4.69, 9.17) is 0 Å². The molecule has 1 aliphatic heterocycles. The number of amides is 2. The molecule has 1 saturated carbocycles. The molecule has 20 heavy (non-hydrogen) atoms. The molecule has 1 aromatic heterocycles. The van der Waals surface area contributed by atoms with E-state index in [1.807, 2.05) is 19.2 Å². The van der Waals surface area contributed by atoms with Crippen molar-refractivity contribution in [3.8, 4) is 0 Å². The number of aromatic nitrogens is 1. The van der Waals surface area contributed by atoms with Crippen LogP contribution in [0.4, 0.5) is 0 Å². The normalized spacial score (nSPS) is 30.5. The van der Waals surface area contributed by atoms with Gasteiger partial charge in [0.2, 0.25) is 11.8 Å². The minimum atomic E-state index is -0.722. The van der Waals surface area contributed by atoms with E-state index >= 15 is 0 Å². The summed E-state index contributed by atoms with van der Waals surface area (Å²) in [6.45, 7) is 4.24. The Hall–Kier alpha value is -1.43. The van der Waals surface area contributed by atoms with Crippen LogP contribution in [0.5, 0.6) is 0 Å². The van der Waals surface area contributed by atoms with Gasteiger partial charge in [0.25, 0.3) is 0 Å². The molecular weight excluding hydrogens is 274 g/mol. The van der Waals surface area contributed by atoms with Gasteiger partial charge in [-0.1, -0.05) is 6.92 Å². The van der Waals surface area contributed by atoms with Crippen molar-refractivity contribution >= 4 is 23.2 Å². The third-order valence-corrected chi connectivity index (χ3v) is 5.10. The van der Waals surface area contributed by atoms with Gasteiger partial charge in [0.15, 0.2) is 0 Å². The third-order valence-electron chi connectivity index (χ3n) is 4.34. The fraction of sp³-hybridized carbons (Fsp3) is 0.643. The van der Waals surface area contributed by atoms with Crippen molar-refractivity contribution in [2.24, 2.45) is 5.92 Å². The molecule has 0 bridgehead atoms. The number of hydrogen-bond donors (Lipinski definition) is 1. The van der Waals surface area contributed by atoms with Gasteiger partial charge in [-0.15, -0.1) is 11.3 Å². The van der Waals surface area contributed by atoms with Crippen LogP contribution >= 0.6 is 11.3 Å². The zero-order valence-electron chi connectivity index (χ0n) is 11.8. The zero-order chi connectivity index (χ0) is 14.3. The van der Waals surface area contributed by atoms with Gasteiger partial charge in [0.05, 0.1) is 6.54 Å². The lowest BCUT2D eigenvalue weighted by molar-refractivity contribution is -0.156. The molecule has 3 rings (SSSR count). The maximum atomic E-state index is 12.9. The van der Waals surface area contributed by atoms with E-state index in [9.17, 15) is 9.59 Å². The summed E-state index contributed by atoms with van der Waals surface area (Å²) >= 11 is 1.52. The molecule has 0 aromatic carbocycles. The van der Waals surface area contributed by atoms with Crippen molar-refractivity contribution in [1.82, 2.24) is 15.2 Å². The number of thiazole rings is 1. The summed E-state index contributed by atoms with van der Waals surface area (Å²) in [6.07, 6.45) is 4.40. The molecule has 2 aliphatic rings. The molecular formula is C14H19N3O2S. The number of carbonyl (C=O) groups excluding carboxylic acids is 2. The lowest BCUT2D eigenvalue weighted by Gasteiger charge is -2.44. The monoisotopic (exact) mass is 293 g/mol. The number of piperazine rings is 1. The van der Waals surface area contributed by atoms with E-state index < -0.39 is 5.54 Å². The van der Waals surface area contributed by atoms with Crippen LogP contribution in [-0.2, 0) is 16.1 Å². The van der Waals surface area contributed by atoms with E-state index in [-0.39, 0.29) is 23.8 Å². The van der Waals surface area contributed by atoms with Gasteiger partial charge in [0, 0.05) is 11.6 Å². The molecule has 2 amide bonds. The molecule has 1 aromatic rings. The largest absolute Gasteiger partial charge is 0.340 e. The minimum Gasteiger partial charge on any atom is -0.340 e. The molecule has 5 nitrogen and oxygen atoms in total.